The minimum atomic E-state index is -0.459. The third kappa shape index (κ3) is 6.61. The number of amides is 2. The van der Waals surface area contributed by atoms with E-state index in [2.05, 4.69) is 38.4 Å². The highest BCUT2D eigenvalue weighted by atomic mass is 127. The Kier molecular flexibility index (Phi) is 9.39. The van der Waals surface area contributed by atoms with Gasteiger partial charge in [-0.2, -0.15) is 5.10 Å². The van der Waals surface area contributed by atoms with Gasteiger partial charge in [0, 0.05) is 0 Å². The van der Waals surface area contributed by atoms with Gasteiger partial charge in [-0.05, 0) is 58.8 Å². The van der Waals surface area contributed by atoms with Gasteiger partial charge in [0.15, 0.2) is 11.5 Å². The average molecular weight is 525 g/mol. The number of halogens is 1. The van der Waals surface area contributed by atoms with Crippen molar-refractivity contribution in [2.45, 2.75) is 13.3 Å². The molecular formula is C21H24IN3O5. The van der Waals surface area contributed by atoms with E-state index in [0.29, 0.717) is 29.4 Å². The van der Waals surface area contributed by atoms with E-state index >= 15 is 0 Å². The molecule has 2 aromatic rings. The van der Waals surface area contributed by atoms with Crippen molar-refractivity contribution in [1.82, 2.24) is 10.7 Å². The maximum atomic E-state index is 12.2. The van der Waals surface area contributed by atoms with Crippen LogP contribution >= 0.6 is 22.6 Å². The summed E-state index contributed by atoms with van der Waals surface area (Å²) in [5, 5.41) is 6.47. The molecule has 0 aromatic heterocycles. The number of carbonyl (C=O) groups is 2. The van der Waals surface area contributed by atoms with E-state index in [-0.39, 0.29) is 6.54 Å². The van der Waals surface area contributed by atoms with Crippen molar-refractivity contribution >= 4 is 40.6 Å². The predicted molar refractivity (Wildman–Crippen MR) is 123 cm³/mol. The summed E-state index contributed by atoms with van der Waals surface area (Å²) in [4.78, 5) is 24.2. The predicted octanol–water partition coefficient (Wildman–Crippen LogP) is 2.98. The summed E-state index contributed by atoms with van der Waals surface area (Å²) < 4.78 is 17.1. The van der Waals surface area contributed by atoms with Crippen LogP contribution in [-0.4, -0.2) is 45.4 Å². The second-order valence-electron chi connectivity index (χ2n) is 6.06. The van der Waals surface area contributed by atoms with Crippen molar-refractivity contribution in [2.75, 3.05) is 27.4 Å². The highest BCUT2D eigenvalue weighted by molar-refractivity contribution is 14.1. The van der Waals surface area contributed by atoms with Crippen molar-refractivity contribution < 1.29 is 23.8 Å². The van der Waals surface area contributed by atoms with Crippen molar-refractivity contribution in [3.63, 3.8) is 0 Å². The van der Waals surface area contributed by atoms with E-state index in [4.69, 9.17) is 14.2 Å². The second-order valence-corrected chi connectivity index (χ2v) is 7.22. The van der Waals surface area contributed by atoms with Gasteiger partial charge in [-0.15, -0.1) is 0 Å². The summed E-state index contributed by atoms with van der Waals surface area (Å²) in [6, 6.07) is 10.4. The standard InChI is InChI=1S/C21H24IN3O5/c1-4-9-30-20-16(22)10-14(11-18(20)29-3)12-24-25-19(26)13-23-21(27)15-7-5-6-8-17(15)28-2/h5-8,10-12H,4,9,13H2,1-3H3,(H,23,27)(H,25,26). The van der Waals surface area contributed by atoms with Crippen molar-refractivity contribution in [3.8, 4) is 17.2 Å². The van der Waals surface area contributed by atoms with E-state index in [1.165, 1.54) is 13.3 Å². The lowest BCUT2D eigenvalue weighted by atomic mass is 10.2. The molecule has 0 saturated carbocycles. The molecule has 0 unspecified atom stereocenters. The third-order valence-electron chi connectivity index (χ3n) is 3.87. The summed E-state index contributed by atoms with van der Waals surface area (Å²) in [7, 11) is 3.05. The average Bonchev–Trinajstić information content (AvgIpc) is 2.76. The van der Waals surface area contributed by atoms with Gasteiger partial charge in [0.2, 0.25) is 0 Å². The summed E-state index contributed by atoms with van der Waals surface area (Å²) in [6.45, 7) is 2.40. The first kappa shape index (κ1) is 23.5. The fraction of sp³-hybridized carbons (Fsp3) is 0.286. The maximum absolute atomic E-state index is 12.2. The molecule has 0 atom stereocenters. The number of nitrogens with zero attached hydrogens (tertiary/aromatic N) is 1. The molecule has 0 fully saturated rings. The minimum absolute atomic E-state index is 0.223. The van der Waals surface area contributed by atoms with E-state index in [0.717, 1.165) is 15.6 Å². The molecule has 0 saturated heterocycles. The summed E-state index contributed by atoms with van der Waals surface area (Å²) in [6.07, 6.45) is 2.39. The Morgan fingerprint density at radius 3 is 2.57 bits per heavy atom. The van der Waals surface area contributed by atoms with Crippen LogP contribution in [0, 0.1) is 3.57 Å². The molecule has 0 aliphatic heterocycles. The molecule has 2 aromatic carbocycles. The summed E-state index contributed by atoms with van der Waals surface area (Å²) in [5.74, 6) is 0.836. The zero-order valence-electron chi connectivity index (χ0n) is 17.0. The topological polar surface area (TPSA) is 98.2 Å². The smallest absolute Gasteiger partial charge is 0.259 e. The van der Waals surface area contributed by atoms with E-state index < -0.39 is 11.8 Å². The summed E-state index contributed by atoms with van der Waals surface area (Å²) in [5.41, 5.74) is 3.47. The molecule has 2 N–H and O–H groups in total. The number of hydrazone groups is 1. The Morgan fingerprint density at radius 1 is 1.13 bits per heavy atom. The van der Waals surface area contributed by atoms with Crippen LogP contribution in [0.4, 0.5) is 0 Å². The Balaban J connectivity index is 1.92. The number of rotatable bonds is 10. The number of para-hydroxylation sites is 1. The van der Waals surface area contributed by atoms with Gasteiger partial charge in [-0.25, -0.2) is 5.43 Å². The first-order chi connectivity index (χ1) is 14.5. The zero-order valence-corrected chi connectivity index (χ0v) is 19.2. The van der Waals surface area contributed by atoms with Crippen LogP contribution in [-0.2, 0) is 4.79 Å². The molecule has 0 bridgehead atoms. The number of carbonyl (C=O) groups excluding carboxylic acids is 2. The number of benzene rings is 2. The van der Waals surface area contributed by atoms with Gasteiger partial charge in [0.05, 0.1) is 42.7 Å². The van der Waals surface area contributed by atoms with E-state index in [1.54, 1.807) is 37.4 Å². The molecule has 30 heavy (non-hydrogen) atoms. The normalized spacial score (nSPS) is 10.5. The highest BCUT2D eigenvalue weighted by Crippen LogP contribution is 2.33. The van der Waals surface area contributed by atoms with Crippen molar-refractivity contribution in [3.05, 3.63) is 51.1 Å². The lowest BCUT2D eigenvalue weighted by Gasteiger charge is -2.12. The Hall–Kier alpha value is -2.82. The minimum Gasteiger partial charge on any atom is -0.496 e. The highest BCUT2D eigenvalue weighted by Gasteiger charge is 2.13. The lowest BCUT2D eigenvalue weighted by Crippen LogP contribution is -2.35. The van der Waals surface area contributed by atoms with Crippen LogP contribution < -0.4 is 25.0 Å². The number of hydrogen-bond acceptors (Lipinski definition) is 6. The molecule has 0 aliphatic carbocycles. The van der Waals surface area contributed by atoms with Gasteiger partial charge in [-0.1, -0.05) is 19.1 Å². The number of ether oxygens (including phenoxy) is 3. The molecular weight excluding hydrogens is 501 g/mol. The molecule has 9 heteroatoms. The second kappa shape index (κ2) is 12.0. The van der Waals surface area contributed by atoms with Crippen LogP contribution in [0.3, 0.4) is 0 Å². The van der Waals surface area contributed by atoms with Gasteiger partial charge in [-0.3, -0.25) is 9.59 Å². The van der Waals surface area contributed by atoms with Crippen LogP contribution in [0.2, 0.25) is 0 Å². The first-order valence-corrected chi connectivity index (χ1v) is 10.3. The zero-order chi connectivity index (χ0) is 21.9. The van der Waals surface area contributed by atoms with Gasteiger partial charge in [0.25, 0.3) is 11.8 Å². The van der Waals surface area contributed by atoms with E-state index in [9.17, 15) is 9.59 Å². The van der Waals surface area contributed by atoms with Crippen LogP contribution in [0.15, 0.2) is 41.5 Å². The maximum Gasteiger partial charge on any atom is 0.259 e. The number of nitrogens with one attached hydrogen (secondary N) is 2. The molecule has 160 valence electrons. The molecule has 0 radical (unpaired) electrons. The number of hydrogen-bond donors (Lipinski definition) is 2. The monoisotopic (exact) mass is 525 g/mol. The molecule has 2 rings (SSSR count). The summed E-state index contributed by atoms with van der Waals surface area (Å²) >= 11 is 2.16. The number of methoxy groups -OCH3 is 2. The Labute approximate surface area is 189 Å². The van der Waals surface area contributed by atoms with E-state index in [1.807, 2.05) is 13.0 Å². The van der Waals surface area contributed by atoms with Crippen LogP contribution in [0.5, 0.6) is 17.2 Å². The molecule has 0 aliphatic rings. The van der Waals surface area contributed by atoms with Gasteiger partial charge in [0.1, 0.15) is 5.75 Å². The van der Waals surface area contributed by atoms with Crippen LogP contribution in [0.25, 0.3) is 0 Å². The molecule has 8 nitrogen and oxygen atoms in total. The Morgan fingerprint density at radius 2 is 1.87 bits per heavy atom. The molecule has 0 spiro atoms. The first-order valence-electron chi connectivity index (χ1n) is 9.23. The fourth-order valence-electron chi connectivity index (χ4n) is 2.46. The SMILES string of the molecule is CCCOc1c(I)cc(C=NNC(=O)CNC(=O)c2ccccc2OC)cc1OC. The molecule has 2 amide bonds. The third-order valence-corrected chi connectivity index (χ3v) is 4.67. The molecule has 0 heterocycles. The Bertz CT molecular complexity index is 918. The van der Waals surface area contributed by atoms with Crippen molar-refractivity contribution in [2.24, 2.45) is 5.10 Å². The van der Waals surface area contributed by atoms with Crippen LogP contribution in [0.1, 0.15) is 29.3 Å². The fourth-order valence-corrected chi connectivity index (χ4v) is 3.25. The quantitative estimate of drug-likeness (QED) is 0.283. The van der Waals surface area contributed by atoms with Gasteiger partial charge >= 0.3 is 0 Å². The lowest BCUT2D eigenvalue weighted by molar-refractivity contribution is -0.120. The largest absolute Gasteiger partial charge is 0.496 e. The van der Waals surface area contributed by atoms with Crippen molar-refractivity contribution in [1.29, 1.82) is 0 Å². The van der Waals surface area contributed by atoms with Gasteiger partial charge < -0.3 is 19.5 Å².